The van der Waals surface area contributed by atoms with E-state index in [1.165, 1.54) is 17.7 Å². The number of aromatic nitrogens is 1. The highest BCUT2D eigenvalue weighted by molar-refractivity contribution is 5.25. The van der Waals surface area contributed by atoms with Crippen LogP contribution in [0.1, 0.15) is 30.1 Å². The second-order valence-electron chi connectivity index (χ2n) is 3.04. The topological polar surface area (TPSA) is 38.9 Å². The molecule has 0 unspecified atom stereocenters. The molecule has 0 bridgehead atoms. The molecule has 0 amide bonds. The maximum Gasteiger partial charge on any atom is 0.0451 e. The molecule has 58 valence electrons. The summed E-state index contributed by atoms with van der Waals surface area (Å²) in [7, 11) is 0. The van der Waals surface area contributed by atoms with Crippen LogP contribution in [-0.2, 0) is 6.42 Å². The SMILES string of the molecule is N[C@@H]1CCCc2ncccc21. The van der Waals surface area contributed by atoms with Gasteiger partial charge in [-0.15, -0.1) is 0 Å². The first-order chi connectivity index (χ1) is 5.38. The van der Waals surface area contributed by atoms with Crippen LogP contribution in [0.2, 0.25) is 0 Å². The zero-order chi connectivity index (χ0) is 7.68. The Hall–Kier alpha value is -0.890. The Balaban J connectivity index is 2.44. The highest BCUT2D eigenvalue weighted by Gasteiger charge is 2.16. The fourth-order valence-corrected chi connectivity index (χ4v) is 1.64. The number of aryl methyl sites for hydroxylation is 1. The van der Waals surface area contributed by atoms with Crippen molar-refractivity contribution in [2.75, 3.05) is 0 Å². The molecule has 1 aliphatic rings. The Kier molecular flexibility index (Phi) is 1.62. The van der Waals surface area contributed by atoms with Crippen molar-refractivity contribution in [3.63, 3.8) is 0 Å². The number of hydrogen-bond acceptors (Lipinski definition) is 2. The zero-order valence-corrected chi connectivity index (χ0v) is 6.46. The van der Waals surface area contributed by atoms with E-state index in [9.17, 15) is 0 Å². The summed E-state index contributed by atoms with van der Waals surface area (Å²) in [6, 6.07) is 4.28. The molecule has 1 aromatic rings. The van der Waals surface area contributed by atoms with Gasteiger partial charge < -0.3 is 5.73 Å². The molecule has 11 heavy (non-hydrogen) atoms. The van der Waals surface area contributed by atoms with Crippen LogP contribution in [0.25, 0.3) is 0 Å². The normalized spacial score (nSPS) is 22.8. The molecule has 1 atom stereocenters. The Morgan fingerprint density at radius 3 is 3.27 bits per heavy atom. The Bertz CT molecular complexity index is 257. The van der Waals surface area contributed by atoms with E-state index in [1.807, 2.05) is 12.3 Å². The van der Waals surface area contributed by atoms with Gasteiger partial charge in [-0.1, -0.05) is 6.07 Å². The molecule has 0 saturated carbocycles. The summed E-state index contributed by atoms with van der Waals surface area (Å²) in [4.78, 5) is 4.29. The van der Waals surface area contributed by atoms with Gasteiger partial charge in [0.15, 0.2) is 0 Å². The lowest BCUT2D eigenvalue weighted by molar-refractivity contribution is 0.560. The predicted octanol–water partition coefficient (Wildman–Crippen LogP) is 1.42. The van der Waals surface area contributed by atoms with Gasteiger partial charge in [-0.2, -0.15) is 0 Å². The average molecular weight is 148 g/mol. The quantitative estimate of drug-likeness (QED) is 0.604. The summed E-state index contributed by atoms with van der Waals surface area (Å²) in [5.41, 5.74) is 8.36. The van der Waals surface area contributed by atoms with Crippen LogP contribution < -0.4 is 5.73 Å². The van der Waals surface area contributed by atoms with Crippen LogP contribution in [-0.4, -0.2) is 4.98 Å². The largest absolute Gasteiger partial charge is 0.324 e. The maximum atomic E-state index is 5.91. The molecule has 0 spiro atoms. The predicted molar refractivity (Wildman–Crippen MR) is 44.1 cm³/mol. The van der Waals surface area contributed by atoms with E-state index in [-0.39, 0.29) is 6.04 Å². The van der Waals surface area contributed by atoms with Crippen molar-refractivity contribution in [1.29, 1.82) is 0 Å². The molecule has 0 fully saturated rings. The lowest BCUT2D eigenvalue weighted by atomic mass is 9.92. The summed E-state index contributed by atoms with van der Waals surface area (Å²) in [5.74, 6) is 0. The molecular formula is C9H12N2. The Labute approximate surface area is 66.4 Å². The molecule has 1 aromatic heterocycles. The van der Waals surface area contributed by atoms with Gasteiger partial charge in [0.2, 0.25) is 0 Å². The van der Waals surface area contributed by atoms with Gasteiger partial charge in [0.05, 0.1) is 0 Å². The second-order valence-corrected chi connectivity index (χ2v) is 3.04. The van der Waals surface area contributed by atoms with Gasteiger partial charge in [-0.25, -0.2) is 0 Å². The van der Waals surface area contributed by atoms with Crippen molar-refractivity contribution < 1.29 is 0 Å². The molecular weight excluding hydrogens is 136 g/mol. The average Bonchev–Trinajstić information content (AvgIpc) is 2.06. The van der Waals surface area contributed by atoms with Gasteiger partial charge in [0.1, 0.15) is 0 Å². The molecule has 0 saturated heterocycles. The lowest BCUT2D eigenvalue weighted by Crippen LogP contribution is -2.17. The maximum absolute atomic E-state index is 5.91. The first-order valence-corrected chi connectivity index (χ1v) is 4.07. The fourth-order valence-electron chi connectivity index (χ4n) is 1.64. The van der Waals surface area contributed by atoms with Crippen LogP contribution in [0, 0.1) is 0 Å². The summed E-state index contributed by atoms with van der Waals surface area (Å²) < 4.78 is 0. The zero-order valence-electron chi connectivity index (χ0n) is 6.46. The number of hydrogen-bond donors (Lipinski definition) is 1. The summed E-state index contributed by atoms with van der Waals surface area (Å²) >= 11 is 0. The van der Waals surface area contributed by atoms with Gasteiger partial charge in [0.25, 0.3) is 0 Å². The van der Waals surface area contributed by atoms with Crippen molar-refractivity contribution in [2.24, 2.45) is 5.73 Å². The van der Waals surface area contributed by atoms with Crippen molar-refractivity contribution in [2.45, 2.75) is 25.3 Å². The van der Waals surface area contributed by atoms with E-state index in [0.29, 0.717) is 0 Å². The molecule has 0 aromatic carbocycles. The number of nitrogens with two attached hydrogens (primary N) is 1. The minimum atomic E-state index is 0.229. The first-order valence-electron chi connectivity index (χ1n) is 4.07. The van der Waals surface area contributed by atoms with Crippen LogP contribution in [0.4, 0.5) is 0 Å². The molecule has 2 rings (SSSR count). The first kappa shape index (κ1) is 6.80. The van der Waals surface area contributed by atoms with Crippen LogP contribution in [0.15, 0.2) is 18.3 Å². The van der Waals surface area contributed by atoms with Gasteiger partial charge in [-0.3, -0.25) is 4.98 Å². The van der Waals surface area contributed by atoms with Crippen LogP contribution in [0.3, 0.4) is 0 Å². The molecule has 1 heterocycles. The van der Waals surface area contributed by atoms with E-state index < -0.39 is 0 Å². The van der Waals surface area contributed by atoms with E-state index in [2.05, 4.69) is 11.1 Å². The highest BCUT2D eigenvalue weighted by Crippen LogP contribution is 2.25. The number of rotatable bonds is 0. The molecule has 0 aliphatic heterocycles. The third-order valence-electron chi connectivity index (χ3n) is 2.25. The lowest BCUT2D eigenvalue weighted by Gasteiger charge is -2.20. The van der Waals surface area contributed by atoms with Crippen LogP contribution >= 0.6 is 0 Å². The number of nitrogens with zero attached hydrogens (tertiary/aromatic N) is 1. The van der Waals surface area contributed by atoms with Gasteiger partial charge in [-0.05, 0) is 30.9 Å². The summed E-state index contributed by atoms with van der Waals surface area (Å²) in [6.45, 7) is 0. The number of fused-ring (bicyclic) bond motifs is 1. The Morgan fingerprint density at radius 2 is 2.45 bits per heavy atom. The monoisotopic (exact) mass is 148 g/mol. The second kappa shape index (κ2) is 2.62. The van der Waals surface area contributed by atoms with E-state index in [0.717, 1.165) is 12.8 Å². The van der Waals surface area contributed by atoms with Crippen molar-refractivity contribution in [3.8, 4) is 0 Å². The standard InChI is InChI=1S/C9H12N2/c10-8-4-1-5-9-7(8)3-2-6-11-9/h2-3,6,8H,1,4-5,10H2/t8-/m1/s1. The summed E-state index contributed by atoms with van der Waals surface area (Å²) in [5, 5.41) is 0. The van der Waals surface area contributed by atoms with E-state index in [4.69, 9.17) is 5.73 Å². The van der Waals surface area contributed by atoms with Gasteiger partial charge in [0, 0.05) is 17.9 Å². The third kappa shape index (κ3) is 1.14. The van der Waals surface area contributed by atoms with Crippen molar-refractivity contribution in [3.05, 3.63) is 29.6 Å². The third-order valence-corrected chi connectivity index (χ3v) is 2.25. The number of pyridine rings is 1. The Morgan fingerprint density at radius 1 is 1.55 bits per heavy atom. The minimum Gasteiger partial charge on any atom is -0.324 e. The molecule has 0 radical (unpaired) electrons. The van der Waals surface area contributed by atoms with E-state index >= 15 is 0 Å². The fraction of sp³-hybridized carbons (Fsp3) is 0.444. The van der Waals surface area contributed by atoms with E-state index in [1.54, 1.807) is 0 Å². The molecule has 2 N–H and O–H groups in total. The molecule has 1 aliphatic carbocycles. The van der Waals surface area contributed by atoms with Crippen molar-refractivity contribution in [1.82, 2.24) is 4.98 Å². The minimum absolute atomic E-state index is 0.229. The highest BCUT2D eigenvalue weighted by atomic mass is 14.7. The van der Waals surface area contributed by atoms with Gasteiger partial charge >= 0.3 is 0 Å². The molecule has 2 heteroatoms. The van der Waals surface area contributed by atoms with Crippen LogP contribution in [0.5, 0.6) is 0 Å². The van der Waals surface area contributed by atoms with Crippen molar-refractivity contribution >= 4 is 0 Å². The summed E-state index contributed by atoms with van der Waals surface area (Å²) in [6.07, 6.45) is 5.24. The smallest absolute Gasteiger partial charge is 0.0451 e. The molecule has 2 nitrogen and oxygen atoms in total.